The van der Waals surface area contributed by atoms with E-state index in [0.717, 1.165) is 47.2 Å². The van der Waals surface area contributed by atoms with Gasteiger partial charge in [0.15, 0.2) is 5.82 Å². The molecule has 168 valence electrons. The summed E-state index contributed by atoms with van der Waals surface area (Å²) >= 11 is 0. The highest BCUT2D eigenvalue weighted by atomic mass is 16.1. The number of benzene rings is 2. The number of aromatic nitrogens is 5. The second-order valence-electron chi connectivity index (χ2n) is 9.56. The number of nitrogens with zero attached hydrogens (tertiary/aromatic N) is 5. The normalized spacial score (nSPS) is 19.3. The van der Waals surface area contributed by atoms with E-state index in [9.17, 15) is 4.79 Å². The van der Waals surface area contributed by atoms with Crippen molar-refractivity contribution in [3.05, 3.63) is 81.4 Å². The number of nitrogens with one attached hydrogen (secondary N) is 1. The lowest BCUT2D eigenvalue weighted by Gasteiger charge is -2.34. The molecule has 7 heteroatoms. The van der Waals surface area contributed by atoms with E-state index in [4.69, 9.17) is 0 Å². The number of anilines is 1. The largest absolute Gasteiger partial charge is 0.354 e. The van der Waals surface area contributed by atoms with E-state index >= 15 is 0 Å². The molecular formula is C26H28N6O. The van der Waals surface area contributed by atoms with Crippen molar-refractivity contribution in [2.75, 3.05) is 4.90 Å². The highest BCUT2D eigenvalue weighted by Crippen LogP contribution is 2.42. The van der Waals surface area contributed by atoms with Gasteiger partial charge in [-0.1, -0.05) is 42.7 Å². The molecule has 3 heterocycles. The number of rotatable bonds is 4. The first-order valence-electron chi connectivity index (χ1n) is 11.9. The van der Waals surface area contributed by atoms with Crippen molar-refractivity contribution in [2.45, 2.75) is 64.1 Å². The Bertz CT molecular complexity index is 1380. The summed E-state index contributed by atoms with van der Waals surface area (Å²) in [7, 11) is 0. The van der Waals surface area contributed by atoms with Crippen molar-refractivity contribution < 1.29 is 0 Å². The zero-order chi connectivity index (χ0) is 22.5. The van der Waals surface area contributed by atoms with Crippen LogP contribution in [0.2, 0.25) is 0 Å². The summed E-state index contributed by atoms with van der Waals surface area (Å²) in [6, 6.07) is 16.8. The molecule has 1 aliphatic carbocycles. The van der Waals surface area contributed by atoms with Crippen LogP contribution in [0.25, 0.3) is 10.9 Å². The topological polar surface area (TPSA) is 79.7 Å². The highest BCUT2D eigenvalue weighted by Gasteiger charge is 2.39. The molecule has 33 heavy (non-hydrogen) atoms. The van der Waals surface area contributed by atoms with E-state index in [1.807, 2.05) is 22.9 Å². The molecule has 1 aliphatic heterocycles. The average Bonchev–Trinajstić information content (AvgIpc) is 3.55. The third-order valence-electron chi connectivity index (χ3n) is 7.29. The number of hydrogen-bond donors (Lipinski definition) is 1. The fourth-order valence-electron chi connectivity index (χ4n) is 5.73. The maximum atomic E-state index is 13.5. The Morgan fingerprint density at radius 1 is 1.09 bits per heavy atom. The van der Waals surface area contributed by atoms with E-state index in [1.165, 1.54) is 18.4 Å². The molecule has 0 radical (unpaired) electrons. The summed E-state index contributed by atoms with van der Waals surface area (Å²) in [6.07, 6.45) is 5.46. The van der Waals surface area contributed by atoms with Crippen molar-refractivity contribution in [3.63, 3.8) is 0 Å². The minimum Gasteiger partial charge on any atom is -0.354 e. The molecule has 1 N–H and O–H groups in total. The van der Waals surface area contributed by atoms with Crippen LogP contribution in [-0.2, 0) is 6.42 Å². The Balaban J connectivity index is 1.59. The van der Waals surface area contributed by atoms with Gasteiger partial charge in [0.2, 0.25) is 0 Å². The molecule has 1 fully saturated rings. The molecule has 2 atom stereocenters. The zero-order valence-electron chi connectivity index (χ0n) is 19.0. The molecule has 6 rings (SSSR count). The summed E-state index contributed by atoms with van der Waals surface area (Å²) in [6.45, 7) is 4.29. The molecule has 7 nitrogen and oxygen atoms in total. The molecule has 0 spiro atoms. The quantitative estimate of drug-likeness (QED) is 0.506. The Hall–Kier alpha value is -3.48. The summed E-state index contributed by atoms with van der Waals surface area (Å²) in [4.78, 5) is 19.0. The van der Waals surface area contributed by atoms with Crippen molar-refractivity contribution in [3.8, 4) is 0 Å². The average molecular weight is 441 g/mol. The molecular weight excluding hydrogens is 412 g/mol. The summed E-state index contributed by atoms with van der Waals surface area (Å²) < 4.78 is 1.99. The van der Waals surface area contributed by atoms with Crippen LogP contribution >= 0.6 is 0 Å². The molecule has 4 aromatic rings. The second-order valence-corrected chi connectivity index (χ2v) is 9.56. The number of H-pyrrole nitrogens is 1. The molecule has 1 saturated carbocycles. The minimum atomic E-state index is -0.368. The van der Waals surface area contributed by atoms with Gasteiger partial charge in [-0.25, -0.2) is 4.68 Å². The summed E-state index contributed by atoms with van der Waals surface area (Å²) in [5, 5.41) is 14.1. The standard InChI is InChI=1S/C26H28N6O/c1-16-11-12-22-19(13-16)15-21(26(33)27-22)24(25-28-29-30-32(25)20-8-4-5-9-20)31-17(2)14-18-7-3-6-10-23(18)31/h3,6-7,10-13,15,17,20,24H,4-5,8-9,14H2,1-2H3,(H,27,33)/t17-,24+/m0/s1. The van der Waals surface area contributed by atoms with Crippen molar-refractivity contribution in [1.29, 1.82) is 0 Å². The number of tetrazole rings is 1. The van der Waals surface area contributed by atoms with Gasteiger partial charge in [-0.05, 0) is 78.8 Å². The Morgan fingerprint density at radius 3 is 2.76 bits per heavy atom. The van der Waals surface area contributed by atoms with Gasteiger partial charge in [-0.15, -0.1) is 5.10 Å². The zero-order valence-corrected chi connectivity index (χ0v) is 19.0. The molecule has 0 unspecified atom stereocenters. The number of aryl methyl sites for hydroxylation is 1. The van der Waals surface area contributed by atoms with Crippen LogP contribution in [0.4, 0.5) is 5.69 Å². The first-order chi connectivity index (χ1) is 16.1. The van der Waals surface area contributed by atoms with Crippen LogP contribution in [0.15, 0.2) is 53.3 Å². The molecule has 0 bridgehead atoms. The van der Waals surface area contributed by atoms with E-state index in [-0.39, 0.29) is 23.7 Å². The van der Waals surface area contributed by atoms with Gasteiger partial charge in [-0.2, -0.15) is 0 Å². The van der Waals surface area contributed by atoms with E-state index in [0.29, 0.717) is 5.56 Å². The monoisotopic (exact) mass is 440 g/mol. The smallest absolute Gasteiger partial charge is 0.254 e. The van der Waals surface area contributed by atoms with E-state index in [1.54, 1.807) is 0 Å². The second kappa shape index (κ2) is 7.83. The van der Waals surface area contributed by atoms with E-state index < -0.39 is 0 Å². The van der Waals surface area contributed by atoms with Gasteiger partial charge >= 0.3 is 0 Å². The molecule has 0 saturated heterocycles. The Morgan fingerprint density at radius 2 is 1.91 bits per heavy atom. The lowest BCUT2D eigenvalue weighted by Crippen LogP contribution is -2.39. The third kappa shape index (κ3) is 3.34. The maximum Gasteiger partial charge on any atom is 0.254 e. The molecule has 2 aromatic carbocycles. The number of fused-ring (bicyclic) bond motifs is 2. The van der Waals surface area contributed by atoms with Gasteiger partial charge < -0.3 is 9.88 Å². The van der Waals surface area contributed by atoms with Gasteiger partial charge in [0.25, 0.3) is 5.56 Å². The fraction of sp³-hybridized carbons (Fsp3) is 0.385. The number of para-hydroxylation sites is 1. The van der Waals surface area contributed by atoms with Crippen LogP contribution in [-0.4, -0.2) is 31.2 Å². The SMILES string of the molecule is Cc1ccc2[nH]c(=O)c([C@H](c3nnnn3C3CCCC3)N3c4ccccc4C[C@@H]3C)cc2c1. The van der Waals surface area contributed by atoms with Crippen LogP contribution < -0.4 is 10.5 Å². The van der Waals surface area contributed by atoms with Crippen LogP contribution in [0, 0.1) is 6.92 Å². The third-order valence-corrected chi connectivity index (χ3v) is 7.29. The van der Waals surface area contributed by atoms with Crippen molar-refractivity contribution in [2.24, 2.45) is 0 Å². The fourth-order valence-corrected chi connectivity index (χ4v) is 5.73. The minimum absolute atomic E-state index is 0.0890. The van der Waals surface area contributed by atoms with Gasteiger partial charge in [0, 0.05) is 22.8 Å². The van der Waals surface area contributed by atoms with Crippen LogP contribution in [0.1, 0.15) is 67.2 Å². The number of aromatic amines is 1. The first kappa shape index (κ1) is 20.1. The van der Waals surface area contributed by atoms with Gasteiger partial charge in [-0.3, -0.25) is 4.79 Å². The molecule has 2 aliphatic rings. The van der Waals surface area contributed by atoms with Gasteiger partial charge in [0.05, 0.1) is 6.04 Å². The first-order valence-corrected chi connectivity index (χ1v) is 11.9. The Labute approximate surface area is 192 Å². The van der Waals surface area contributed by atoms with Crippen LogP contribution in [0.3, 0.4) is 0 Å². The Kier molecular flexibility index (Phi) is 4.78. The lowest BCUT2D eigenvalue weighted by atomic mass is 10.0. The number of pyridine rings is 1. The van der Waals surface area contributed by atoms with Gasteiger partial charge in [0.1, 0.15) is 6.04 Å². The lowest BCUT2D eigenvalue weighted by molar-refractivity contribution is 0.423. The maximum absolute atomic E-state index is 13.5. The van der Waals surface area contributed by atoms with Crippen LogP contribution in [0.5, 0.6) is 0 Å². The highest BCUT2D eigenvalue weighted by molar-refractivity contribution is 5.80. The van der Waals surface area contributed by atoms with Crippen molar-refractivity contribution >= 4 is 16.6 Å². The predicted octanol–water partition coefficient (Wildman–Crippen LogP) is 4.48. The summed E-state index contributed by atoms with van der Waals surface area (Å²) in [5.41, 5.74) is 5.05. The molecule has 2 aromatic heterocycles. The number of hydrogen-bond acceptors (Lipinski definition) is 5. The molecule has 0 amide bonds. The van der Waals surface area contributed by atoms with Crippen molar-refractivity contribution in [1.82, 2.24) is 25.2 Å². The predicted molar refractivity (Wildman–Crippen MR) is 129 cm³/mol. The van der Waals surface area contributed by atoms with E-state index in [2.05, 4.69) is 69.6 Å². The summed E-state index contributed by atoms with van der Waals surface area (Å²) in [5.74, 6) is 0.753.